The van der Waals surface area contributed by atoms with Gasteiger partial charge in [0.05, 0.1) is 0 Å². The molecule has 106 valence electrons. The molecule has 0 saturated heterocycles. The molecule has 21 heavy (non-hydrogen) atoms. The van der Waals surface area contributed by atoms with Crippen LogP contribution < -0.4 is 10.4 Å². The average Bonchev–Trinajstić information content (AvgIpc) is 3.13. The average molecular weight is 363 g/mol. The third kappa shape index (κ3) is 1.40. The van der Waals surface area contributed by atoms with E-state index in [1.54, 1.807) is 38.9 Å². The molecule has 0 amide bonds. The van der Waals surface area contributed by atoms with Gasteiger partial charge in [0.1, 0.15) is 8.07 Å². The molecule has 0 bridgehead atoms. The van der Waals surface area contributed by atoms with E-state index in [0.29, 0.717) is 0 Å². The topological polar surface area (TPSA) is 0 Å². The van der Waals surface area contributed by atoms with Crippen LogP contribution in [0.1, 0.15) is 11.1 Å². The van der Waals surface area contributed by atoms with E-state index < -0.39 is 8.07 Å². The summed E-state index contributed by atoms with van der Waals surface area (Å²) in [6.07, 6.45) is 0. The molecule has 0 fully saturated rings. The zero-order valence-corrected chi connectivity index (χ0v) is 16.6. The number of hydrogen-bond acceptors (Lipinski definition) is 4. The van der Waals surface area contributed by atoms with Crippen molar-refractivity contribution in [1.82, 2.24) is 0 Å². The van der Waals surface area contributed by atoms with Crippen LogP contribution in [0.5, 0.6) is 0 Å². The number of hydrogen-bond donors (Lipinski definition) is 0. The molecule has 0 aliphatic carbocycles. The van der Waals surface area contributed by atoms with Gasteiger partial charge in [-0.1, -0.05) is 13.1 Å². The van der Waals surface area contributed by atoms with Crippen molar-refractivity contribution in [2.45, 2.75) is 26.9 Å². The Morgan fingerprint density at radius 2 is 1.14 bits per heavy atom. The van der Waals surface area contributed by atoms with Gasteiger partial charge in [0, 0.05) is 28.6 Å². The first-order valence-corrected chi connectivity index (χ1v) is 13.4. The van der Waals surface area contributed by atoms with Crippen LogP contribution in [0.3, 0.4) is 0 Å². The second kappa shape index (κ2) is 3.89. The monoisotopic (exact) mass is 362 g/mol. The van der Waals surface area contributed by atoms with Gasteiger partial charge in [-0.25, -0.2) is 0 Å². The number of fused-ring (bicyclic) bond motifs is 7. The van der Waals surface area contributed by atoms with Crippen LogP contribution in [-0.4, -0.2) is 8.07 Å². The minimum atomic E-state index is -1.54. The predicted molar refractivity (Wildman–Crippen MR) is 105 cm³/mol. The van der Waals surface area contributed by atoms with Gasteiger partial charge in [0.15, 0.2) is 0 Å². The second-order valence-electron chi connectivity index (χ2n) is 6.39. The lowest BCUT2D eigenvalue weighted by Gasteiger charge is -2.17. The van der Waals surface area contributed by atoms with Crippen LogP contribution in [0.25, 0.3) is 28.6 Å². The highest BCUT2D eigenvalue weighted by Gasteiger charge is 2.44. The van der Waals surface area contributed by atoms with E-state index in [9.17, 15) is 0 Å². The summed E-state index contributed by atoms with van der Waals surface area (Å²) in [6.45, 7) is 9.63. The molecule has 0 N–H and O–H groups in total. The van der Waals surface area contributed by atoms with E-state index >= 15 is 0 Å². The lowest BCUT2D eigenvalue weighted by molar-refractivity contribution is 1.62. The van der Waals surface area contributed by atoms with Crippen molar-refractivity contribution in [2.75, 3.05) is 0 Å². The summed E-state index contributed by atoms with van der Waals surface area (Å²) in [5.74, 6) is 0. The Morgan fingerprint density at radius 3 is 1.57 bits per heavy atom. The SMILES string of the molecule is Cc1csc2c3c(sc12)-c1sc2c(C)csc2c1[Si]3(C)C. The fourth-order valence-corrected chi connectivity index (χ4v) is 15.6. The molecule has 0 radical (unpaired) electrons. The molecule has 0 atom stereocenters. The van der Waals surface area contributed by atoms with Gasteiger partial charge in [0.25, 0.3) is 0 Å². The quantitative estimate of drug-likeness (QED) is 0.354. The van der Waals surface area contributed by atoms with Crippen LogP contribution in [0.4, 0.5) is 0 Å². The molecular weight excluding hydrogens is 349 g/mol. The van der Waals surface area contributed by atoms with Crippen molar-refractivity contribution in [3.05, 3.63) is 21.9 Å². The van der Waals surface area contributed by atoms with Gasteiger partial charge < -0.3 is 0 Å². The number of aryl methyl sites for hydroxylation is 2. The van der Waals surface area contributed by atoms with Crippen molar-refractivity contribution in [1.29, 1.82) is 0 Å². The summed E-state index contributed by atoms with van der Waals surface area (Å²) in [6, 6.07) is 0. The molecule has 1 aliphatic heterocycles. The first-order valence-electron chi connectivity index (χ1n) is 7.02. The predicted octanol–water partition coefficient (Wildman–Crippen LogP) is 5.66. The molecule has 1 aliphatic rings. The second-order valence-corrected chi connectivity index (χ2v) is 14.4. The highest BCUT2D eigenvalue weighted by atomic mass is 32.1. The Bertz CT molecular complexity index is 955. The lowest BCUT2D eigenvalue weighted by atomic mass is 10.3. The minimum absolute atomic E-state index is 1.47. The Balaban J connectivity index is 1.98. The molecule has 0 spiro atoms. The van der Waals surface area contributed by atoms with Gasteiger partial charge in [-0.3, -0.25) is 0 Å². The largest absolute Gasteiger partial charge is 0.143 e. The molecule has 0 unspecified atom stereocenters. The molecule has 4 aromatic rings. The van der Waals surface area contributed by atoms with Crippen molar-refractivity contribution in [3.63, 3.8) is 0 Å². The molecular formula is C16H14S4Si. The third-order valence-electron chi connectivity index (χ3n) is 4.61. The standard InChI is InChI=1S/C16H14S4Si/c1-7-5-17-11-9(7)19-13-14-16(21(3,4)15(11)13)12-10(20-14)8(2)6-18-12/h5-6H,1-4H3. The maximum atomic E-state index is 2.56. The fraction of sp³-hybridized carbons (Fsp3) is 0.250. The summed E-state index contributed by atoms with van der Waals surface area (Å²) in [7, 11) is -1.54. The fourth-order valence-electron chi connectivity index (χ4n) is 3.56. The van der Waals surface area contributed by atoms with Crippen molar-refractivity contribution in [3.8, 4) is 9.75 Å². The van der Waals surface area contributed by atoms with Gasteiger partial charge >= 0.3 is 0 Å². The van der Waals surface area contributed by atoms with E-state index in [1.807, 2.05) is 45.3 Å². The smallest absolute Gasteiger partial charge is 0.119 e. The van der Waals surface area contributed by atoms with Crippen molar-refractivity contribution in [2.24, 2.45) is 0 Å². The molecule has 4 aromatic heterocycles. The van der Waals surface area contributed by atoms with E-state index in [-0.39, 0.29) is 0 Å². The van der Waals surface area contributed by atoms with Crippen LogP contribution in [-0.2, 0) is 0 Å². The number of rotatable bonds is 0. The summed E-state index contributed by atoms with van der Waals surface area (Å²) in [5, 5.41) is 8.14. The maximum Gasteiger partial charge on any atom is 0.119 e. The van der Waals surface area contributed by atoms with Crippen LogP contribution in [0.15, 0.2) is 10.8 Å². The Kier molecular flexibility index (Phi) is 2.41. The zero-order chi connectivity index (χ0) is 14.5. The summed E-state index contributed by atoms with van der Waals surface area (Å²) in [5.41, 5.74) is 2.94. The summed E-state index contributed by atoms with van der Waals surface area (Å²) >= 11 is 8.03. The molecule has 5 heteroatoms. The summed E-state index contributed by atoms with van der Waals surface area (Å²) in [4.78, 5) is 3.22. The van der Waals surface area contributed by atoms with Crippen LogP contribution >= 0.6 is 45.3 Å². The van der Waals surface area contributed by atoms with Gasteiger partial charge in [-0.15, -0.1) is 45.3 Å². The normalized spacial score (nSPS) is 16.0. The zero-order valence-electron chi connectivity index (χ0n) is 12.3. The molecule has 0 aromatic carbocycles. The molecule has 5 heterocycles. The molecule has 0 nitrogen and oxygen atoms in total. The van der Waals surface area contributed by atoms with E-state index in [0.717, 1.165) is 0 Å². The third-order valence-corrected chi connectivity index (χ3v) is 14.1. The highest BCUT2D eigenvalue weighted by molar-refractivity contribution is 7.41. The molecule has 5 rings (SSSR count). The van der Waals surface area contributed by atoms with Crippen molar-refractivity contribution >= 4 is 82.6 Å². The lowest BCUT2D eigenvalue weighted by Crippen LogP contribution is -2.48. The number of thiophene rings is 4. The van der Waals surface area contributed by atoms with E-state index in [4.69, 9.17) is 0 Å². The van der Waals surface area contributed by atoms with E-state index in [1.165, 1.54) is 11.1 Å². The first kappa shape index (κ1) is 13.0. The van der Waals surface area contributed by atoms with Gasteiger partial charge in [0.2, 0.25) is 0 Å². The molecule has 0 saturated carbocycles. The minimum Gasteiger partial charge on any atom is -0.143 e. The van der Waals surface area contributed by atoms with Gasteiger partial charge in [-0.05, 0) is 46.1 Å². The highest BCUT2D eigenvalue weighted by Crippen LogP contribution is 2.48. The van der Waals surface area contributed by atoms with Gasteiger partial charge in [-0.2, -0.15) is 0 Å². The first-order chi connectivity index (χ1) is 10.00. The van der Waals surface area contributed by atoms with Crippen molar-refractivity contribution < 1.29 is 0 Å². The summed E-state index contributed by atoms with van der Waals surface area (Å²) < 4.78 is 6.28. The van der Waals surface area contributed by atoms with E-state index in [2.05, 4.69) is 37.7 Å². The van der Waals surface area contributed by atoms with Crippen LogP contribution in [0.2, 0.25) is 13.1 Å². The Hall–Kier alpha value is -0.463. The Labute approximate surface area is 140 Å². The maximum absolute atomic E-state index is 2.56. The Morgan fingerprint density at radius 1 is 0.714 bits per heavy atom. The van der Waals surface area contributed by atoms with Crippen LogP contribution in [0, 0.1) is 13.8 Å².